The number of aliphatic hydroxyl groups excluding tert-OH is 1. The van der Waals surface area contributed by atoms with Crippen molar-refractivity contribution >= 4 is 27.3 Å². The van der Waals surface area contributed by atoms with Crippen molar-refractivity contribution in [2.45, 2.75) is 13.0 Å². The Bertz CT molecular complexity index is 639. The highest BCUT2D eigenvalue weighted by atomic mass is 79.9. The third kappa shape index (κ3) is 3.17. The maximum atomic E-state index is 10.7. The van der Waals surface area contributed by atoms with Crippen LogP contribution >= 0.6 is 27.3 Å². The number of thiophene rings is 1. The highest BCUT2D eigenvalue weighted by Crippen LogP contribution is 2.42. The number of aliphatic hydroxyl groups is 1. The van der Waals surface area contributed by atoms with Crippen molar-refractivity contribution in [1.29, 1.82) is 0 Å². The quantitative estimate of drug-likeness (QED) is 0.863. The summed E-state index contributed by atoms with van der Waals surface area (Å²) in [5.74, 6) is 1.67. The van der Waals surface area contributed by atoms with Gasteiger partial charge in [0.1, 0.15) is 11.9 Å². The summed E-state index contributed by atoms with van der Waals surface area (Å²) in [6, 6.07) is 5.44. The van der Waals surface area contributed by atoms with Gasteiger partial charge in [-0.05, 0) is 35.0 Å². The molecule has 1 atom stereocenters. The van der Waals surface area contributed by atoms with Crippen LogP contribution < -0.4 is 14.2 Å². The summed E-state index contributed by atoms with van der Waals surface area (Å²) in [5, 5.41) is 10.7. The van der Waals surface area contributed by atoms with Crippen LogP contribution in [0.4, 0.5) is 0 Å². The average molecular weight is 373 g/mol. The van der Waals surface area contributed by atoms with Gasteiger partial charge in [0.25, 0.3) is 0 Å². The van der Waals surface area contributed by atoms with Gasteiger partial charge in [-0.15, -0.1) is 11.3 Å². The normalized spacial score (nSPS) is 12.1. The molecule has 21 heavy (non-hydrogen) atoms. The van der Waals surface area contributed by atoms with Crippen molar-refractivity contribution < 1.29 is 19.3 Å². The van der Waals surface area contributed by atoms with Gasteiger partial charge in [-0.1, -0.05) is 0 Å². The van der Waals surface area contributed by atoms with Crippen LogP contribution in [0, 0.1) is 6.92 Å². The maximum Gasteiger partial charge on any atom is 0.164 e. The van der Waals surface area contributed by atoms with Crippen LogP contribution in [0.25, 0.3) is 0 Å². The number of benzene rings is 1. The molecule has 1 N–H and O–H groups in total. The first-order valence-electron chi connectivity index (χ1n) is 6.25. The van der Waals surface area contributed by atoms with Gasteiger partial charge < -0.3 is 19.3 Å². The predicted molar refractivity (Wildman–Crippen MR) is 86.9 cm³/mol. The Morgan fingerprint density at radius 2 is 1.57 bits per heavy atom. The molecule has 114 valence electrons. The Labute approximate surface area is 136 Å². The summed E-state index contributed by atoms with van der Waals surface area (Å²) in [7, 11) is 4.69. The van der Waals surface area contributed by atoms with Gasteiger partial charge >= 0.3 is 0 Å². The van der Waals surface area contributed by atoms with Gasteiger partial charge in [-0.25, -0.2) is 0 Å². The molecular formula is C15H17BrO4S. The molecular weight excluding hydrogens is 356 g/mol. The van der Waals surface area contributed by atoms with Crippen molar-refractivity contribution in [3.05, 3.63) is 38.0 Å². The Hall–Kier alpha value is -1.24. The molecule has 0 fully saturated rings. The van der Waals surface area contributed by atoms with Crippen LogP contribution in [0.5, 0.6) is 17.2 Å². The van der Waals surface area contributed by atoms with Gasteiger partial charge in [-0.2, -0.15) is 0 Å². The van der Waals surface area contributed by atoms with Crippen molar-refractivity contribution in [1.82, 2.24) is 0 Å². The molecule has 0 amide bonds. The number of rotatable bonds is 5. The Morgan fingerprint density at radius 1 is 1.00 bits per heavy atom. The molecule has 0 aliphatic rings. The lowest BCUT2D eigenvalue weighted by atomic mass is 10.1. The number of ether oxygens (including phenoxy) is 3. The molecule has 6 heteroatoms. The van der Waals surface area contributed by atoms with Crippen molar-refractivity contribution in [3.63, 3.8) is 0 Å². The first-order valence-corrected chi connectivity index (χ1v) is 7.86. The van der Waals surface area contributed by atoms with Crippen LogP contribution in [0.15, 0.2) is 22.7 Å². The van der Waals surface area contributed by atoms with E-state index in [1.807, 2.05) is 13.0 Å². The Morgan fingerprint density at radius 3 is 2.05 bits per heavy atom. The fourth-order valence-corrected chi connectivity index (χ4v) is 3.97. The SMILES string of the molecule is COc1cc(OC)c(C(O)c2sc(C)cc2Br)cc1OC. The molecule has 0 radical (unpaired) electrons. The average Bonchev–Trinajstić information content (AvgIpc) is 2.83. The fourth-order valence-electron chi connectivity index (χ4n) is 2.10. The number of hydrogen-bond donors (Lipinski definition) is 1. The van der Waals surface area contributed by atoms with E-state index in [4.69, 9.17) is 14.2 Å². The first-order chi connectivity index (χ1) is 10.0. The predicted octanol–water partition coefficient (Wildman–Crippen LogP) is 3.93. The molecule has 2 aromatic rings. The monoisotopic (exact) mass is 372 g/mol. The Kier molecular flexibility index (Phi) is 5.13. The smallest absolute Gasteiger partial charge is 0.164 e. The zero-order valence-corrected chi connectivity index (χ0v) is 14.7. The summed E-state index contributed by atoms with van der Waals surface area (Å²) in [6.07, 6.45) is -0.798. The number of methoxy groups -OCH3 is 3. The van der Waals surface area contributed by atoms with Crippen molar-refractivity contribution in [3.8, 4) is 17.2 Å². The lowest BCUT2D eigenvalue weighted by Crippen LogP contribution is -2.03. The lowest BCUT2D eigenvalue weighted by Gasteiger charge is -2.17. The van der Waals surface area contributed by atoms with Gasteiger partial charge in [0, 0.05) is 21.0 Å². The second-order valence-corrected chi connectivity index (χ2v) is 6.56. The van der Waals surface area contributed by atoms with Gasteiger partial charge in [0.2, 0.25) is 0 Å². The van der Waals surface area contributed by atoms with E-state index in [2.05, 4.69) is 15.9 Å². The van der Waals surface area contributed by atoms with E-state index >= 15 is 0 Å². The minimum absolute atomic E-state index is 0.553. The summed E-state index contributed by atoms with van der Waals surface area (Å²) in [6.45, 7) is 2.00. The summed E-state index contributed by atoms with van der Waals surface area (Å²) >= 11 is 5.01. The molecule has 1 unspecified atom stereocenters. The second kappa shape index (κ2) is 6.68. The molecule has 0 bridgehead atoms. The molecule has 0 saturated carbocycles. The third-order valence-corrected chi connectivity index (χ3v) is 5.14. The van der Waals surface area contributed by atoms with Crippen LogP contribution in [0.2, 0.25) is 0 Å². The molecule has 0 spiro atoms. The topological polar surface area (TPSA) is 47.9 Å². The molecule has 1 aromatic carbocycles. The highest BCUT2D eigenvalue weighted by molar-refractivity contribution is 9.10. The van der Waals surface area contributed by atoms with E-state index in [1.54, 1.807) is 33.5 Å². The van der Waals surface area contributed by atoms with Gasteiger partial charge in [0.15, 0.2) is 11.5 Å². The Balaban J connectivity index is 2.53. The molecule has 2 rings (SSSR count). The van der Waals surface area contributed by atoms with Crippen molar-refractivity contribution in [2.75, 3.05) is 21.3 Å². The number of hydrogen-bond acceptors (Lipinski definition) is 5. The summed E-state index contributed by atoms with van der Waals surface area (Å²) in [5.41, 5.74) is 0.637. The van der Waals surface area contributed by atoms with Crippen LogP contribution in [0.1, 0.15) is 21.4 Å². The largest absolute Gasteiger partial charge is 0.496 e. The molecule has 1 heterocycles. The summed E-state index contributed by atoms with van der Waals surface area (Å²) < 4.78 is 16.8. The minimum Gasteiger partial charge on any atom is -0.496 e. The van der Waals surface area contributed by atoms with Crippen LogP contribution in [-0.2, 0) is 0 Å². The van der Waals surface area contributed by atoms with E-state index < -0.39 is 6.10 Å². The van der Waals surface area contributed by atoms with Crippen LogP contribution in [0.3, 0.4) is 0 Å². The van der Waals surface area contributed by atoms with Gasteiger partial charge in [0.05, 0.1) is 26.2 Å². The van der Waals surface area contributed by atoms with E-state index in [0.29, 0.717) is 22.8 Å². The third-order valence-electron chi connectivity index (χ3n) is 3.12. The van der Waals surface area contributed by atoms with E-state index in [1.165, 1.54) is 11.3 Å². The first kappa shape index (κ1) is 16.1. The van der Waals surface area contributed by atoms with Crippen LogP contribution in [-0.4, -0.2) is 26.4 Å². The van der Waals surface area contributed by atoms with E-state index in [-0.39, 0.29) is 0 Å². The second-order valence-electron chi connectivity index (χ2n) is 4.42. The minimum atomic E-state index is -0.798. The number of aryl methyl sites for hydroxylation is 1. The zero-order valence-electron chi connectivity index (χ0n) is 12.3. The van der Waals surface area contributed by atoms with E-state index in [9.17, 15) is 5.11 Å². The fraction of sp³-hybridized carbons (Fsp3) is 0.333. The van der Waals surface area contributed by atoms with E-state index in [0.717, 1.165) is 14.2 Å². The van der Waals surface area contributed by atoms with Crippen molar-refractivity contribution in [2.24, 2.45) is 0 Å². The lowest BCUT2D eigenvalue weighted by molar-refractivity contribution is 0.216. The summed E-state index contributed by atoms with van der Waals surface area (Å²) in [4.78, 5) is 1.95. The number of halogens is 1. The molecule has 4 nitrogen and oxygen atoms in total. The van der Waals surface area contributed by atoms with Gasteiger partial charge in [-0.3, -0.25) is 0 Å². The molecule has 0 aliphatic carbocycles. The molecule has 1 aromatic heterocycles. The maximum absolute atomic E-state index is 10.7. The zero-order chi connectivity index (χ0) is 15.6. The molecule has 0 saturated heterocycles. The highest BCUT2D eigenvalue weighted by Gasteiger charge is 2.22. The standard InChI is InChI=1S/C15H17BrO4S/c1-8-5-10(16)15(21-8)14(17)9-6-12(19-3)13(20-4)7-11(9)18-2/h5-7,14,17H,1-4H3. The molecule has 0 aliphatic heterocycles.